The lowest BCUT2D eigenvalue weighted by Gasteiger charge is -2.10. The number of benzene rings is 1. The van der Waals surface area contributed by atoms with Gasteiger partial charge in [-0.15, -0.1) is 16.6 Å². The number of rotatable bonds is 4. The smallest absolute Gasteiger partial charge is 0.337 e. The summed E-state index contributed by atoms with van der Waals surface area (Å²) in [6.45, 7) is 0. The van der Waals surface area contributed by atoms with Crippen LogP contribution in [0, 0.1) is 23.7 Å². The van der Waals surface area contributed by atoms with Crippen molar-refractivity contribution in [2.45, 2.75) is 0 Å². The molecule has 27 heavy (non-hydrogen) atoms. The maximum Gasteiger partial charge on any atom is 0.337 e. The minimum Gasteiger partial charge on any atom is -0.478 e. The number of nitrogens with zero attached hydrogens (tertiary/aromatic N) is 5. The number of amides is 1. The van der Waals surface area contributed by atoms with Crippen molar-refractivity contribution in [1.82, 2.24) is 19.7 Å². The molecule has 3 rings (SSSR count). The number of anilines is 1. The maximum absolute atomic E-state index is 12.4. The predicted molar refractivity (Wildman–Crippen MR) is 93.2 cm³/mol. The van der Waals surface area contributed by atoms with Crippen LogP contribution in [-0.2, 0) is 0 Å². The van der Waals surface area contributed by atoms with Crippen LogP contribution < -0.4 is 5.32 Å². The van der Waals surface area contributed by atoms with Crippen molar-refractivity contribution in [2.24, 2.45) is 0 Å². The van der Waals surface area contributed by atoms with E-state index in [1.165, 1.54) is 18.5 Å². The number of carboxylic acid groups (broad SMARTS) is 1. The van der Waals surface area contributed by atoms with E-state index in [4.69, 9.17) is 11.7 Å². The van der Waals surface area contributed by atoms with E-state index < -0.39 is 11.9 Å². The van der Waals surface area contributed by atoms with Crippen LogP contribution in [0.4, 0.5) is 5.69 Å². The molecule has 0 aliphatic carbocycles. The summed E-state index contributed by atoms with van der Waals surface area (Å²) in [5, 5.41) is 28.6. The number of carbonyl (C=O) groups is 2. The number of hydrogen-bond acceptors (Lipinski definition) is 6. The molecule has 130 valence electrons. The van der Waals surface area contributed by atoms with Crippen molar-refractivity contribution in [3.63, 3.8) is 0 Å². The Labute approximate surface area is 152 Å². The highest BCUT2D eigenvalue weighted by atomic mass is 16.4. The van der Waals surface area contributed by atoms with E-state index in [2.05, 4.69) is 26.4 Å². The molecule has 9 heteroatoms. The predicted octanol–water partition coefficient (Wildman–Crippen LogP) is 1.47. The normalized spacial score (nSPS) is 9.85. The van der Waals surface area contributed by atoms with Crippen LogP contribution in [0.15, 0.2) is 43.0 Å². The Bertz CT molecular complexity index is 1110. The molecule has 2 heterocycles. The second kappa shape index (κ2) is 7.17. The molecule has 0 bridgehead atoms. The first kappa shape index (κ1) is 17.3. The van der Waals surface area contributed by atoms with E-state index in [-0.39, 0.29) is 28.1 Å². The highest BCUT2D eigenvalue weighted by molar-refractivity contribution is 6.07. The fourth-order valence-corrected chi connectivity index (χ4v) is 2.26. The standard InChI is InChI=1S/C18H10N6O3/c1-2-11-8-15(13(18(26)27)7-12(11)9-19)21-17(25)14-3-4-16(23-22-14)24-6-5-20-10-24/h1,3-8,10H,(H,21,25)(H,26,27). The van der Waals surface area contributed by atoms with Gasteiger partial charge in [0.05, 0.1) is 16.8 Å². The first-order valence-corrected chi connectivity index (χ1v) is 7.45. The topological polar surface area (TPSA) is 134 Å². The van der Waals surface area contributed by atoms with Crippen LogP contribution in [-0.4, -0.2) is 36.7 Å². The second-order valence-electron chi connectivity index (χ2n) is 5.21. The number of carboxylic acids is 1. The van der Waals surface area contributed by atoms with Crippen molar-refractivity contribution in [3.8, 4) is 24.2 Å². The van der Waals surface area contributed by atoms with Gasteiger partial charge in [0.1, 0.15) is 12.4 Å². The Morgan fingerprint density at radius 2 is 2.04 bits per heavy atom. The van der Waals surface area contributed by atoms with Gasteiger partial charge in [0.25, 0.3) is 5.91 Å². The molecule has 0 spiro atoms. The van der Waals surface area contributed by atoms with Crippen LogP contribution in [0.1, 0.15) is 32.0 Å². The van der Waals surface area contributed by atoms with Gasteiger partial charge in [0, 0.05) is 18.0 Å². The van der Waals surface area contributed by atoms with E-state index in [1.54, 1.807) is 23.0 Å². The minimum absolute atomic E-state index is 0.0253. The maximum atomic E-state index is 12.4. The van der Waals surface area contributed by atoms with Gasteiger partial charge in [-0.2, -0.15) is 5.26 Å². The van der Waals surface area contributed by atoms with Crippen molar-refractivity contribution in [2.75, 3.05) is 5.32 Å². The third-order valence-electron chi connectivity index (χ3n) is 3.56. The number of nitrogens with one attached hydrogen (secondary N) is 1. The molecule has 0 saturated heterocycles. The van der Waals surface area contributed by atoms with E-state index in [0.717, 1.165) is 6.07 Å². The Hall–Kier alpha value is -4.50. The summed E-state index contributed by atoms with van der Waals surface area (Å²) >= 11 is 0. The van der Waals surface area contributed by atoms with E-state index >= 15 is 0 Å². The van der Waals surface area contributed by atoms with Crippen molar-refractivity contribution >= 4 is 17.6 Å². The zero-order chi connectivity index (χ0) is 19.4. The monoisotopic (exact) mass is 358 g/mol. The molecule has 0 saturated carbocycles. The molecule has 0 fully saturated rings. The molecule has 2 aromatic heterocycles. The summed E-state index contributed by atoms with van der Waals surface area (Å²) in [7, 11) is 0. The van der Waals surface area contributed by atoms with Gasteiger partial charge in [-0.25, -0.2) is 9.78 Å². The molecule has 0 unspecified atom stereocenters. The summed E-state index contributed by atoms with van der Waals surface area (Å²) in [4.78, 5) is 27.7. The van der Waals surface area contributed by atoms with Crippen molar-refractivity contribution in [3.05, 3.63) is 65.4 Å². The van der Waals surface area contributed by atoms with Crippen molar-refractivity contribution < 1.29 is 14.7 Å². The molecule has 0 atom stereocenters. The number of carbonyl (C=O) groups excluding carboxylic acids is 1. The molecular formula is C18H10N6O3. The lowest BCUT2D eigenvalue weighted by molar-refractivity contribution is 0.0698. The van der Waals surface area contributed by atoms with Crippen LogP contribution in [0.3, 0.4) is 0 Å². The molecule has 0 aliphatic heterocycles. The fourth-order valence-electron chi connectivity index (χ4n) is 2.26. The summed E-state index contributed by atoms with van der Waals surface area (Å²) in [5.74, 6) is 0.763. The van der Waals surface area contributed by atoms with Gasteiger partial charge in [-0.05, 0) is 24.3 Å². The van der Waals surface area contributed by atoms with Gasteiger partial charge >= 0.3 is 5.97 Å². The number of imidazole rings is 1. The molecule has 3 aromatic rings. The van der Waals surface area contributed by atoms with Gasteiger partial charge in [0.15, 0.2) is 11.5 Å². The minimum atomic E-state index is -1.31. The lowest BCUT2D eigenvalue weighted by Crippen LogP contribution is -2.17. The highest BCUT2D eigenvalue weighted by Crippen LogP contribution is 2.22. The molecule has 9 nitrogen and oxygen atoms in total. The Kier molecular flexibility index (Phi) is 4.60. The summed E-state index contributed by atoms with van der Waals surface area (Å²) in [6.07, 6.45) is 10.1. The third-order valence-corrected chi connectivity index (χ3v) is 3.56. The van der Waals surface area contributed by atoms with Gasteiger partial charge < -0.3 is 10.4 Å². The number of terminal acetylenes is 1. The fraction of sp³-hybridized carbons (Fsp3) is 0. The largest absolute Gasteiger partial charge is 0.478 e. The molecule has 0 aliphatic rings. The molecule has 0 radical (unpaired) electrons. The third kappa shape index (κ3) is 3.48. The van der Waals surface area contributed by atoms with E-state index in [1.807, 2.05) is 6.07 Å². The zero-order valence-corrected chi connectivity index (χ0v) is 13.6. The lowest BCUT2D eigenvalue weighted by atomic mass is 10.0. The Morgan fingerprint density at radius 1 is 1.22 bits per heavy atom. The van der Waals surface area contributed by atoms with Gasteiger partial charge in [0.2, 0.25) is 0 Å². The number of aromatic carboxylic acids is 1. The van der Waals surface area contributed by atoms with E-state index in [0.29, 0.717) is 5.82 Å². The molecule has 1 amide bonds. The number of hydrogen-bond donors (Lipinski definition) is 2. The van der Waals surface area contributed by atoms with Crippen LogP contribution in [0.25, 0.3) is 5.82 Å². The highest BCUT2D eigenvalue weighted by Gasteiger charge is 2.18. The molecule has 1 aromatic carbocycles. The average molecular weight is 358 g/mol. The molecule has 2 N–H and O–H groups in total. The molecular weight excluding hydrogens is 348 g/mol. The van der Waals surface area contributed by atoms with E-state index in [9.17, 15) is 14.7 Å². The van der Waals surface area contributed by atoms with Crippen LogP contribution >= 0.6 is 0 Å². The van der Waals surface area contributed by atoms with Crippen LogP contribution in [0.2, 0.25) is 0 Å². The van der Waals surface area contributed by atoms with Gasteiger partial charge in [-0.1, -0.05) is 5.92 Å². The number of aromatic nitrogens is 4. The summed E-state index contributed by atoms with van der Waals surface area (Å²) in [6, 6.07) is 7.19. The number of nitriles is 1. The van der Waals surface area contributed by atoms with Crippen LogP contribution in [0.5, 0.6) is 0 Å². The Morgan fingerprint density at radius 3 is 2.59 bits per heavy atom. The first-order chi connectivity index (χ1) is 13.0. The summed E-state index contributed by atoms with van der Waals surface area (Å²) in [5.41, 5.74) is -0.139. The average Bonchev–Trinajstić information content (AvgIpc) is 3.22. The quantitative estimate of drug-likeness (QED) is 0.674. The zero-order valence-electron chi connectivity index (χ0n) is 13.6. The SMILES string of the molecule is C#Cc1cc(NC(=O)c2ccc(-n3ccnc3)nn2)c(C(=O)O)cc1C#N. The second-order valence-corrected chi connectivity index (χ2v) is 5.21. The van der Waals surface area contributed by atoms with Gasteiger partial charge in [-0.3, -0.25) is 9.36 Å². The Balaban J connectivity index is 1.91. The summed E-state index contributed by atoms with van der Waals surface area (Å²) < 4.78 is 1.61. The first-order valence-electron chi connectivity index (χ1n) is 7.45. The van der Waals surface area contributed by atoms with Crippen molar-refractivity contribution in [1.29, 1.82) is 5.26 Å².